The van der Waals surface area contributed by atoms with Gasteiger partial charge >= 0.3 is 6.36 Å². The molecule has 7 nitrogen and oxygen atoms in total. The number of nitrogens with zero attached hydrogens (tertiary/aromatic N) is 3. The maximum atomic E-state index is 13.8. The number of rotatable bonds is 5. The summed E-state index contributed by atoms with van der Waals surface area (Å²) in [4.78, 5) is 18.4. The summed E-state index contributed by atoms with van der Waals surface area (Å²) in [5.41, 5.74) is 1.41. The third kappa shape index (κ3) is 4.75. The minimum absolute atomic E-state index is 0.0134. The highest BCUT2D eigenvalue weighted by molar-refractivity contribution is 7.89. The number of ether oxygens (including phenoxy) is 1. The number of para-hydroxylation sites is 1. The maximum Gasteiger partial charge on any atom is 0.573 e. The van der Waals surface area contributed by atoms with Gasteiger partial charge in [-0.1, -0.05) is 42.5 Å². The third-order valence-electron chi connectivity index (χ3n) is 5.43. The van der Waals surface area contributed by atoms with E-state index in [-0.39, 0.29) is 13.0 Å². The Kier molecular flexibility index (Phi) is 6.32. The molecule has 1 unspecified atom stereocenters. The Hall–Kier alpha value is -3.44. The zero-order valence-electron chi connectivity index (χ0n) is 17.9. The van der Waals surface area contributed by atoms with Crippen LogP contribution in [0.15, 0.2) is 77.8 Å². The predicted octanol–water partition coefficient (Wildman–Crippen LogP) is 3.76. The Labute approximate surface area is 194 Å². The van der Waals surface area contributed by atoms with E-state index in [0.29, 0.717) is 16.9 Å². The SMILES string of the molecule is CN1C(=O)C(Cc2ccccc2)N(S(=O)(=O)c2ccccc2OC(F)(F)F)Cc2ncccc21. The molecule has 3 aromatic rings. The Balaban J connectivity index is 1.86. The molecule has 178 valence electrons. The molecule has 0 N–H and O–H groups in total. The quantitative estimate of drug-likeness (QED) is 0.543. The van der Waals surface area contributed by atoms with Gasteiger partial charge in [-0.15, -0.1) is 13.2 Å². The summed E-state index contributed by atoms with van der Waals surface area (Å²) >= 11 is 0. The van der Waals surface area contributed by atoms with E-state index in [0.717, 1.165) is 16.4 Å². The number of fused-ring (bicyclic) bond motifs is 1. The molecular weight excluding hydrogens is 471 g/mol. The van der Waals surface area contributed by atoms with Crippen molar-refractivity contribution >= 4 is 21.6 Å². The predicted molar refractivity (Wildman–Crippen MR) is 117 cm³/mol. The van der Waals surface area contributed by atoms with Gasteiger partial charge in [0.05, 0.1) is 17.9 Å². The first kappa shape index (κ1) is 23.7. The van der Waals surface area contributed by atoms with Crippen LogP contribution in [-0.2, 0) is 27.8 Å². The second-order valence-corrected chi connectivity index (χ2v) is 9.48. The molecule has 1 aliphatic rings. The van der Waals surface area contributed by atoms with Gasteiger partial charge in [-0.05, 0) is 36.2 Å². The molecule has 0 saturated carbocycles. The number of amides is 1. The van der Waals surface area contributed by atoms with Gasteiger partial charge < -0.3 is 9.64 Å². The topological polar surface area (TPSA) is 79.8 Å². The van der Waals surface area contributed by atoms with Gasteiger partial charge in [0.15, 0.2) is 0 Å². The Bertz CT molecular complexity index is 1300. The number of hydrogen-bond acceptors (Lipinski definition) is 5. The minimum Gasteiger partial charge on any atom is -0.404 e. The number of sulfonamides is 1. The summed E-state index contributed by atoms with van der Waals surface area (Å²) in [6.07, 6.45) is -3.63. The summed E-state index contributed by atoms with van der Waals surface area (Å²) in [5, 5.41) is 0. The first-order valence-corrected chi connectivity index (χ1v) is 11.6. The van der Waals surface area contributed by atoms with Crippen LogP contribution in [0.3, 0.4) is 0 Å². The Morgan fingerprint density at radius 3 is 2.41 bits per heavy atom. The molecule has 0 aliphatic carbocycles. The summed E-state index contributed by atoms with van der Waals surface area (Å²) < 4.78 is 71.4. The molecule has 1 aliphatic heterocycles. The number of alkyl halides is 3. The van der Waals surface area contributed by atoms with E-state index in [2.05, 4.69) is 9.72 Å². The fraction of sp³-hybridized carbons (Fsp3) is 0.217. The van der Waals surface area contributed by atoms with Gasteiger partial charge in [0.25, 0.3) is 0 Å². The van der Waals surface area contributed by atoms with Crippen molar-refractivity contribution in [3.05, 3.63) is 84.2 Å². The van der Waals surface area contributed by atoms with Gasteiger partial charge in [0.1, 0.15) is 16.7 Å². The first-order valence-electron chi connectivity index (χ1n) is 10.2. The number of carbonyl (C=O) groups excluding carboxylic acids is 1. The molecule has 4 rings (SSSR count). The second kappa shape index (κ2) is 9.07. The lowest BCUT2D eigenvalue weighted by Gasteiger charge is -2.29. The average Bonchev–Trinajstić information content (AvgIpc) is 2.90. The van der Waals surface area contributed by atoms with Gasteiger partial charge in [-0.25, -0.2) is 8.42 Å². The molecule has 2 heterocycles. The lowest BCUT2D eigenvalue weighted by Crippen LogP contribution is -2.49. The van der Waals surface area contributed by atoms with Crippen LogP contribution in [0.1, 0.15) is 11.3 Å². The number of hydrogen-bond donors (Lipinski definition) is 0. The third-order valence-corrected chi connectivity index (χ3v) is 7.32. The van der Waals surface area contributed by atoms with Crippen molar-refractivity contribution in [3.63, 3.8) is 0 Å². The molecule has 0 bridgehead atoms. The maximum absolute atomic E-state index is 13.8. The first-order chi connectivity index (χ1) is 16.1. The molecule has 0 spiro atoms. The molecule has 2 aromatic carbocycles. The van der Waals surface area contributed by atoms with Crippen molar-refractivity contribution in [3.8, 4) is 5.75 Å². The van der Waals surface area contributed by atoms with Crippen molar-refractivity contribution in [2.45, 2.75) is 30.3 Å². The van der Waals surface area contributed by atoms with E-state index in [4.69, 9.17) is 0 Å². The molecule has 1 atom stereocenters. The standard InChI is InChI=1S/C23H20F3N3O4S/c1-28-18-10-7-13-27-17(18)15-29(19(22(28)30)14-16-8-3-2-4-9-16)34(31,32)21-12-6-5-11-20(21)33-23(24,25)26/h2-13,19H,14-15H2,1H3. The summed E-state index contributed by atoms with van der Waals surface area (Å²) in [6, 6.07) is 15.3. The van der Waals surface area contributed by atoms with Crippen molar-refractivity contribution in [2.24, 2.45) is 0 Å². The number of likely N-dealkylation sites (N-methyl/N-ethyl adjacent to an activating group) is 1. The number of pyridine rings is 1. The average molecular weight is 491 g/mol. The van der Waals surface area contributed by atoms with Crippen LogP contribution in [0.4, 0.5) is 18.9 Å². The smallest absolute Gasteiger partial charge is 0.404 e. The van der Waals surface area contributed by atoms with E-state index in [1.54, 1.807) is 42.5 Å². The number of carbonyl (C=O) groups is 1. The highest BCUT2D eigenvalue weighted by Gasteiger charge is 2.43. The van der Waals surface area contributed by atoms with E-state index >= 15 is 0 Å². The number of aromatic nitrogens is 1. The molecule has 0 saturated heterocycles. The largest absolute Gasteiger partial charge is 0.573 e. The van der Waals surface area contributed by atoms with Crippen LogP contribution in [0, 0.1) is 0 Å². The van der Waals surface area contributed by atoms with Crippen LogP contribution in [0.25, 0.3) is 0 Å². The van der Waals surface area contributed by atoms with Crippen molar-refractivity contribution in [1.29, 1.82) is 0 Å². The lowest BCUT2D eigenvalue weighted by molar-refractivity contribution is -0.275. The molecule has 0 radical (unpaired) electrons. The highest BCUT2D eigenvalue weighted by Crippen LogP contribution is 2.35. The van der Waals surface area contributed by atoms with Crippen LogP contribution < -0.4 is 9.64 Å². The fourth-order valence-corrected chi connectivity index (χ4v) is 5.52. The van der Waals surface area contributed by atoms with Crippen molar-refractivity contribution in [2.75, 3.05) is 11.9 Å². The summed E-state index contributed by atoms with van der Waals surface area (Å²) in [7, 11) is -3.12. The monoisotopic (exact) mass is 491 g/mol. The van der Waals surface area contributed by atoms with E-state index < -0.39 is 39.0 Å². The number of anilines is 1. The van der Waals surface area contributed by atoms with Gasteiger partial charge in [0.2, 0.25) is 15.9 Å². The van der Waals surface area contributed by atoms with Crippen LogP contribution >= 0.6 is 0 Å². The second-order valence-electron chi connectivity index (χ2n) is 7.62. The van der Waals surface area contributed by atoms with Crippen molar-refractivity contribution < 1.29 is 31.1 Å². The van der Waals surface area contributed by atoms with E-state index in [1.807, 2.05) is 0 Å². The summed E-state index contributed by atoms with van der Waals surface area (Å²) in [6.45, 7) is -0.313. The molecule has 1 aromatic heterocycles. The Morgan fingerprint density at radius 2 is 1.71 bits per heavy atom. The van der Waals surface area contributed by atoms with Crippen LogP contribution in [-0.4, -0.2) is 43.1 Å². The molecule has 34 heavy (non-hydrogen) atoms. The Morgan fingerprint density at radius 1 is 1.03 bits per heavy atom. The van der Waals surface area contributed by atoms with Gasteiger partial charge in [-0.2, -0.15) is 4.31 Å². The minimum atomic E-state index is -5.10. The van der Waals surface area contributed by atoms with E-state index in [9.17, 15) is 26.4 Å². The number of benzene rings is 2. The molecule has 0 fully saturated rings. The summed E-state index contributed by atoms with van der Waals surface area (Å²) in [5.74, 6) is -1.41. The molecule has 1 amide bonds. The van der Waals surface area contributed by atoms with Crippen LogP contribution in [0.2, 0.25) is 0 Å². The zero-order chi connectivity index (χ0) is 24.5. The zero-order valence-corrected chi connectivity index (χ0v) is 18.8. The molecule has 11 heteroatoms. The van der Waals surface area contributed by atoms with Crippen molar-refractivity contribution in [1.82, 2.24) is 9.29 Å². The molecular formula is C23H20F3N3O4S. The van der Waals surface area contributed by atoms with Gasteiger partial charge in [0, 0.05) is 13.2 Å². The fourth-order valence-electron chi connectivity index (χ4n) is 3.86. The lowest BCUT2D eigenvalue weighted by atomic mass is 10.1. The van der Waals surface area contributed by atoms with E-state index in [1.165, 1.54) is 30.3 Å². The van der Waals surface area contributed by atoms with Gasteiger partial charge in [-0.3, -0.25) is 9.78 Å². The number of halogens is 3. The van der Waals surface area contributed by atoms with Crippen LogP contribution in [0.5, 0.6) is 5.75 Å². The highest BCUT2D eigenvalue weighted by atomic mass is 32.2. The normalized spacial score (nSPS) is 17.2.